The van der Waals surface area contributed by atoms with Gasteiger partial charge in [-0.25, -0.2) is 4.79 Å². The van der Waals surface area contributed by atoms with Crippen molar-refractivity contribution in [3.8, 4) is 28.3 Å². The molecule has 0 aliphatic heterocycles. The minimum absolute atomic E-state index is 0.0922. The maximum atomic E-state index is 13.0. The Kier molecular flexibility index (Phi) is 9.03. The smallest absolute Gasteiger partial charge is 0.341 e. The van der Waals surface area contributed by atoms with E-state index in [1.165, 1.54) is 40.6 Å². The molecular weight excluding hydrogens is 541 g/mol. The Hall–Kier alpha value is -3.41. The highest BCUT2D eigenvalue weighted by Crippen LogP contribution is 2.37. The van der Waals surface area contributed by atoms with Crippen LogP contribution in [-0.4, -0.2) is 46.6 Å². The van der Waals surface area contributed by atoms with E-state index >= 15 is 0 Å². The van der Waals surface area contributed by atoms with E-state index in [1.807, 2.05) is 34.2 Å². The molecule has 0 fully saturated rings. The molecule has 3 heterocycles. The SMILES string of the molecule is C=CCn1c(SCC(=O)Nc2scc(-c3ccc(OC)cc3)c2C(=O)OC)nnc1-c1csc(C)c1CC. The third-order valence-corrected chi connectivity index (χ3v) is 8.71. The molecule has 1 aromatic carbocycles. The van der Waals surface area contributed by atoms with Gasteiger partial charge in [-0.3, -0.25) is 9.36 Å². The second kappa shape index (κ2) is 12.4. The Morgan fingerprint density at radius 1 is 1.13 bits per heavy atom. The van der Waals surface area contributed by atoms with Crippen LogP contribution < -0.4 is 10.1 Å². The number of carbonyl (C=O) groups excluding carboxylic acids is 2. The molecule has 0 atom stereocenters. The Labute approximate surface area is 233 Å². The van der Waals surface area contributed by atoms with Crippen LogP contribution in [-0.2, 0) is 22.5 Å². The Bertz CT molecular complexity index is 1450. The van der Waals surface area contributed by atoms with E-state index in [2.05, 4.69) is 41.3 Å². The van der Waals surface area contributed by atoms with E-state index in [1.54, 1.807) is 24.5 Å². The summed E-state index contributed by atoms with van der Waals surface area (Å²) in [6.07, 6.45) is 2.69. The number of anilines is 1. The number of ether oxygens (including phenoxy) is 2. The molecule has 4 rings (SSSR count). The molecule has 38 heavy (non-hydrogen) atoms. The Balaban J connectivity index is 1.53. The molecule has 0 aliphatic carbocycles. The van der Waals surface area contributed by atoms with Crippen molar-refractivity contribution < 1.29 is 19.1 Å². The van der Waals surface area contributed by atoms with E-state index in [0.717, 1.165) is 23.4 Å². The van der Waals surface area contributed by atoms with E-state index in [0.29, 0.717) is 33.6 Å². The fraction of sp³-hybridized carbons (Fsp3) is 0.259. The number of benzene rings is 1. The topological polar surface area (TPSA) is 95.3 Å². The standard InChI is InChI=1S/C27H28N4O4S3/c1-6-12-31-24(21-14-36-16(3)19(21)7-2)29-30-27(31)38-15-22(32)28-25-23(26(33)35-5)20(13-37-25)17-8-10-18(34-4)11-9-17/h6,8-11,13-14H,1,7,12,15H2,2-5H3,(H,28,32). The zero-order valence-corrected chi connectivity index (χ0v) is 24.0. The maximum absolute atomic E-state index is 13.0. The van der Waals surface area contributed by atoms with E-state index in [9.17, 15) is 9.59 Å². The molecule has 1 N–H and O–H groups in total. The Morgan fingerprint density at radius 2 is 1.87 bits per heavy atom. The molecular formula is C27H28N4O4S3. The average Bonchev–Trinajstić information content (AvgIpc) is 3.63. The van der Waals surface area contributed by atoms with Gasteiger partial charge in [-0.05, 0) is 36.6 Å². The van der Waals surface area contributed by atoms with E-state index in [-0.39, 0.29) is 11.7 Å². The molecule has 3 aromatic heterocycles. The number of hydrogen-bond acceptors (Lipinski definition) is 9. The van der Waals surface area contributed by atoms with Crippen LogP contribution in [0.1, 0.15) is 27.7 Å². The molecule has 8 nitrogen and oxygen atoms in total. The fourth-order valence-corrected chi connectivity index (χ4v) is 6.69. The summed E-state index contributed by atoms with van der Waals surface area (Å²) >= 11 is 4.25. The summed E-state index contributed by atoms with van der Waals surface area (Å²) in [5.41, 5.74) is 4.13. The number of rotatable bonds is 11. The van der Waals surface area contributed by atoms with Gasteiger partial charge in [-0.15, -0.1) is 39.4 Å². The first kappa shape index (κ1) is 27.6. The second-order valence-corrected chi connectivity index (χ2v) is 11.1. The highest BCUT2D eigenvalue weighted by molar-refractivity contribution is 7.99. The average molecular weight is 569 g/mol. The summed E-state index contributed by atoms with van der Waals surface area (Å²) in [5.74, 6) is 0.785. The number of aromatic nitrogens is 3. The molecule has 198 valence electrons. The Morgan fingerprint density at radius 3 is 2.53 bits per heavy atom. The lowest BCUT2D eigenvalue weighted by Gasteiger charge is -2.09. The van der Waals surface area contributed by atoms with Crippen LogP contribution in [0.3, 0.4) is 0 Å². The number of carbonyl (C=O) groups is 2. The number of allylic oxidation sites excluding steroid dienone is 1. The van der Waals surface area contributed by atoms with E-state index < -0.39 is 5.97 Å². The van der Waals surface area contributed by atoms with Gasteiger partial charge in [0.15, 0.2) is 11.0 Å². The maximum Gasteiger partial charge on any atom is 0.341 e. The fourth-order valence-electron chi connectivity index (χ4n) is 4.03. The monoisotopic (exact) mass is 568 g/mol. The van der Waals surface area contributed by atoms with Crippen molar-refractivity contribution >= 4 is 51.3 Å². The number of nitrogens with one attached hydrogen (secondary N) is 1. The van der Waals surface area contributed by atoms with Gasteiger partial charge < -0.3 is 14.8 Å². The number of amides is 1. The number of thioether (sulfide) groups is 1. The number of thiophene rings is 2. The van der Waals surface area contributed by atoms with Crippen LogP contribution in [0.25, 0.3) is 22.5 Å². The summed E-state index contributed by atoms with van der Waals surface area (Å²) in [7, 11) is 2.92. The highest BCUT2D eigenvalue weighted by Gasteiger charge is 2.23. The van der Waals surface area contributed by atoms with Gasteiger partial charge in [-0.1, -0.05) is 36.9 Å². The van der Waals surface area contributed by atoms with Crippen molar-refractivity contribution in [2.75, 3.05) is 25.3 Å². The third kappa shape index (κ3) is 5.69. The minimum atomic E-state index is -0.520. The zero-order chi connectivity index (χ0) is 27.2. The van der Waals surface area contributed by atoms with Crippen LogP contribution in [0.2, 0.25) is 0 Å². The zero-order valence-electron chi connectivity index (χ0n) is 21.6. The number of hydrogen-bond donors (Lipinski definition) is 1. The molecule has 11 heteroatoms. The van der Waals surface area contributed by atoms with Crippen LogP contribution in [0.5, 0.6) is 5.75 Å². The van der Waals surface area contributed by atoms with Gasteiger partial charge in [0.1, 0.15) is 16.3 Å². The molecule has 0 bridgehead atoms. The van der Waals surface area contributed by atoms with Crippen molar-refractivity contribution in [2.45, 2.75) is 32.0 Å². The first-order chi connectivity index (χ1) is 18.4. The van der Waals surface area contributed by atoms with Crippen molar-refractivity contribution in [2.24, 2.45) is 0 Å². The number of nitrogens with zero attached hydrogens (tertiary/aromatic N) is 3. The summed E-state index contributed by atoms with van der Waals surface area (Å²) < 4.78 is 12.2. The lowest BCUT2D eigenvalue weighted by atomic mass is 10.0. The van der Waals surface area contributed by atoms with Gasteiger partial charge in [0, 0.05) is 33.3 Å². The van der Waals surface area contributed by atoms with Crippen molar-refractivity contribution in [3.05, 3.63) is 63.7 Å². The normalized spacial score (nSPS) is 10.8. The highest BCUT2D eigenvalue weighted by atomic mass is 32.2. The molecule has 1 amide bonds. The van der Waals surface area contributed by atoms with Gasteiger partial charge in [-0.2, -0.15) is 0 Å². The van der Waals surface area contributed by atoms with Crippen LogP contribution in [0.15, 0.2) is 52.8 Å². The molecule has 0 saturated heterocycles. The number of esters is 1. The van der Waals surface area contributed by atoms with Gasteiger partial charge in [0.25, 0.3) is 0 Å². The lowest BCUT2D eigenvalue weighted by Crippen LogP contribution is -2.16. The van der Waals surface area contributed by atoms with Crippen molar-refractivity contribution in [1.82, 2.24) is 14.8 Å². The molecule has 0 unspecified atom stereocenters. The predicted octanol–water partition coefficient (Wildman–Crippen LogP) is 6.32. The molecule has 0 aliphatic rings. The van der Waals surface area contributed by atoms with Gasteiger partial charge >= 0.3 is 5.97 Å². The van der Waals surface area contributed by atoms with Crippen LogP contribution >= 0.6 is 34.4 Å². The summed E-state index contributed by atoms with van der Waals surface area (Å²) in [6.45, 7) is 8.62. The first-order valence-corrected chi connectivity index (χ1v) is 14.5. The van der Waals surface area contributed by atoms with Crippen molar-refractivity contribution in [1.29, 1.82) is 0 Å². The van der Waals surface area contributed by atoms with Crippen LogP contribution in [0, 0.1) is 6.92 Å². The minimum Gasteiger partial charge on any atom is -0.497 e. The molecule has 0 saturated carbocycles. The molecule has 0 spiro atoms. The largest absolute Gasteiger partial charge is 0.497 e. The quantitative estimate of drug-likeness (QED) is 0.129. The summed E-state index contributed by atoms with van der Waals surface area (Å²) in [5, 5.41) is 16.7. The summed E-state index contributed by atoms with van der Waals surface area (Å²) in [6, 6.07) is 7.35. The first-order valence-electron chi connectivity index (χ1n) is 11.8. The predicted molar refractivity (Wildman–Crippen MR) is 155 cm³/mol. The van der Waals surface area contributed by atoms with Gasteiger partial charge in [0.05, 0.1) is 20.0 Å². The van der Waals surface area contributed by atoms with Gasteiger partial charge in [0.2, 0.25) is 5.91 Å². The van der Waals surface area contributed by atoms with Crippen molar-refractivity contribution in [3.63, 3.8) is 0 Å². The third-order valence-electron chi connectivity index (χ3n) is 5.89. The number of aryl methyl sites for hydroxylation is 1. The number of methoxy groups -OCH3 is 2. The molecule has 4 aromatic rings. The summed E-state index contributed by atoms with van der Waals surface area (Å²) in [4.78, 5) is 26.9. The van der Waals surface area contributed by atoms with Crippen LogP contribution in [0.4, 0.5) is 5.00 Å². The van der Waals surface area contributed by atoms with E-state index in [4.69, 9.17) is 9.47 Å². The lowest BCUT2D eigenvalue weighted by molar-refractivity contribution is -0.113. The molecule has 0 radical (unpaired) electrons. The second-order valence-electron chi connectivity index (χ2n) is 8.15.